The zero-order valence-electron chi connectivity index (χ0n) is 28.1. The third-order valence-electron chi connectivity index (χ3n) is 8.12. The maximum Gasteiger partial charge on any atom is 0.206 e. The van der Waals surface area contributed by atoms with Crippen molar-refractivity contribution in [1.29, 1.82) is 0 Å². The summed E-state index contributed by atoms with van der Waals surface area (Å²) in [6.07, 6.45) is 33.1. The summed E-state index contributed by atoms with van der Waals surface area (Å²) in [5.74, 6) is 1.91. The van der Waals surface area contributed by atoms with Gasteiger partial charge in [-0.1, -0.05) is 134 Å². The van der Waals surface area contributed by atoms with Crippen LogP contribution >= 0.6 is 0 Å². The lowest BCUT2D eigenvalue weighted by molar-refractivity contribution is -0.0283. The Balaban J connectivity index is 2.50. The molecule has 1 unspecified atom stereocenters. The Morgan fingerprint density at radius 3 is 1.42 bits per heavy atom. The first-order valence-corrected chi connectivity index (χ1v) is 18.2. The maximum absolute atomic E-state index is 10.8. The Bertz CT molecular complexity index is 715. The highest BCUT2D eigenvalue weighted by Crippen LogP contribution is 2.38. The first-order chi connectivity index (χ1) is 21.2. The fourth-order valence-electron chi connectivity index (χ4n) is 5.40. The molecule has 0 saturated carbocycles. The summed E-state index contributed by atoms with van der Waals surface area (Å²) in [6, 6.07) is 5.85. The molecule has 43 heavy (non-hydrogen) atoms. The van der Waals surface area contributed by atoms with Crippen LogP contribution in [0, 0.1) is 0 Å². The Morgan fingerprint density at radius 2 is 0.977 bits per heavy atom. The topological polar surface area (TPSA) is 47.9 Å². The molecule has 1 atom stereocenters. The molecule has 1 N–H and O–H groups in total. The van der Waals surface area contributed by atoms with Crippen LogP contribution in [0.4, 0.5) is 0 Å². The van der Waals surface area contributed by atoms with Gasteiger partial charge in [0.2, 0.25) is 5.75 Å². The molecular formula is C39H68O4. The van der Waals surface area contributed by atoms with Crippen LogP contribution in [0.5, 0.6) is 17.2 Å². The van der Waals surface area contributed by atoms with E-state index in [0.717, 1.165) is 38.5 Å². The smallest absolute Gasteiger partial charge is 0.206 e. The van der Waals surface area contributed by atoms with Crippen LogP contribution in [-0.2, 0) is 0 Å². The van der Waals surface area contributed by atoms with Gasteiger partial charge >= 0.3 is 0 Å². The average Bonchev–Trinajstić information content (AvgIpc) is 3.01. The minimum absolute atomic E-state index is 0.555. The van der Waals surface area contributed by atoms with Crippen molar-refractivity contribution in [2.75, 3.05) is 13.2 Å². The Labute approximate surface area is 266 Å². The van der Waals surface area contributed by atoms with Gasteiger partial charge in [-0.05, 0) is 57.1 Å². The summed E-state index contributed by atoms with van der Waals surface area (Å²) >= 11 is 0. The molecule has 0 heterocycles. The van der Waals surface area contributed by atoms with Crippen LogP contribution in [0.15, 0.2) is 43.5 Å². The quantitative estimate of drug-likeness (QED) is 0.0495. The normalized spacial score (nSPS) is 11.8. The zero-order valence-corrected chi connectivity index (χ0v) is 28.1. The fourth-order valence-corrected chi connectivity index (χ4v) is 5.40. The minimum atomic E-state index is -0.852. The largest absolute Gasteiger partial charge is 0.490 e. The van der Waals surface area contributed by atoms with E-state index in [0.29, 0.717) is 36.9 Å². The van der Waals surface area contributed by atoms with Crippen molar-refractivity contribution in [3.05, 3.63) is 43.5 Å². The van der Waals surface area contributed by atoms with Crippen molar-refractivity contribution in [3.8, 4) is 17.2 Å². The standard InChI is InChI=1S/C39H68O4/c1-4-7-10-13-16-19-22-25-28-34-41-36-31-30-32-37(42-35-29-26-23-20-17-14-11-8-5-2)39(36)43-38(40)33-27-24-21-18-15-12-9-6-3/h4-5,30-32,38,40H,1-2,6-29,33-35H2,3H3. The molecule has 0 aliphatic heterocycles. The summed E-state index contributed by atoms with van der Waals surface area (Å²) in [5.41, 5.74) is 0. The van der Waals surface area contributed by atoms with Crippen LogP contribution in [0.3, 0.4) is 0 Å². The number of unbranched alkanes of at least 4 members (excludes halogenated alkanes) is 21. The minimum Gasteiger partial charge on any atom is -0.490 e. The van der Waals surface area contributed by atoms with Crippen LogP contribution in [0.25, 0.3) is 0 Å². The van der Waals surface area contributed by atoms with Crippen molar-refractivity contribution in [1.82, 2.24) is 0 Å². The highest BCUT2D eigenvalue weighted by molar-refractivity contribution is 5.51. The van der Waals surface area contributed by atoms with Gasteiger partial charge in [0.25, 0.3) is 0 Å². The third kappa shape index (κ3) is 23.2. The first kappa shape index (κ1) is 39.1. The second-order valence-corrected chi connectivity index (χ2v) is 12.2. The lowest BCUT2D eigenvalue weighted by Crippen LogP contribution is -2.17. The van der Waals surface area contributed by atoms with E-state index in [2.05, 4.69) is 20.1 Å². The number of ether oxygens (including phenoxy) is 3. The number of aliphatic hydroxyl groups is 1. The van der Waals surface area contributed by atoms with Crippen LogP contribution in [0.1, 0.15) is 167 Å². The van der Waals surface area contributed by atoms with Crippen LogP contribution in [0.2, 0.25) is 0 Å². The number of rotatable bonds is 33. The van der Waals surface area contributed by atoms with E-state index >= 15 is 0 Å². The number of allylic oxidation sites excluding steroid dienone is 2. The van der Waals surface area contributed by atoms with E-state index in [-0.39, 0.29) is 0 Å². The number of benzene rings is 1. The molecule has 0 aromatic heterocycles. The maximum atomic E-state index is 10.8. The van der Waals surface area contributed by atoms with Gasteiger partial charge in [0.05, 0.1) is 13.2 Å². The first-order valence-electron chi connectivity index (χ1n) is 18.2. The molecule has 0 radical (unpaired) electrons. The highest BCUT2D eigenvalue weighted by atomic mass is 16.6. The molecule has 1 aromatic rings. The van der Waals surface area contributed by atoms with E-state index in [4.69, 9.17) is 14.2 Å². The van der Waals surface area contributed by atoms with Crippen molar-refractivity contribution in [2.24, 2.45) is 0 Å². The molecule has 0 aliphatic rings. The molecular weight excluding hydrogens is 532 g/mol. The molecule has 4 heteroatoms. The summed E-state index contributed by atoms with van der Waals surface area (Å²) in [4.78, 5) is 0. The lowest BCUT2D eigenvalue weighted by atomic mass is 10.1. The second-order valence-electron chi connectivity index (χ2n) is 12.2. The number of para-hydroxylation sites is 1. The lowest BCUT2D eigenvalue weighted by Gasteiger charge is -2.20. The van der Waals surface area contributed by atoms with Gasteiger partial charge in [-0.15, -0.1) is 13.2 Å². The van der Waals surface area contributed by atoms with Gasteiger partial charge in [-0.2, -0.15) is 0 Å². The summed E-state index contributed by atoms with van der Waals surface area (Å²) < 4.78 is 18.5. The molecule has 0 aliphatic carbocycles. The van der Waals surface area contributed by atoms with E-state index in [9.17, 15) is 5.11 Å². The van der Waals surface area contributed by atoms with Gasteiger partial charge in [0.15, 0.2) is 17.8 Å². The number of aliphatic hydroxyl groups excluding tert-OH is 1. The summed E-state index contributed by atoms with van der Waals surface area (Å²) in [7, 11) is 0. The molecule has 0 saturated heterocycles. The molecule has 0 amide bonds. The van der Waals surface area contributed by atoms with Crippen molar-refractivity contribution in [2.45, 2.75) is 174 Å². The van der Waals surface area contributed by atoms with E-state index in [1.54, 1.807) is 0 Å². The number of hydrogen-bond donors (Lipinski definition) is 1. The Kier molecular flexibility index (Phi) is 27.4. The number of hydrogen-bond acceptors (Lipinski definition) is 4. The van der Waals surface area contributed by atoms with E-state index in [1.807, 2.05) is 30.4 Å². The monoisotopic (exact) mass is 601 g/mol. The molecule has 1 aromatic carbocycles. The molecule has 0 spiro atoms. The van der Waals surface area contributed by atoms with E-state index < -0.39 is 6.29 Å². The molecule has 248 valence electrons. The predicted octanol–water partition coefficient (Wildman–Crippen LogP) is 12.3. The predicted molar refractivity (Wildman–Crippen MR) is 186 cm³/mol. The average molecular weight is 601 g/mol. The summed E-state index contributed by atoms with van der Waals surface area (Å²) in [5, 5.41) is 10.8. The van der Waals surface area contributed by atoms with Gasteiger partial charge in [-0.3, -0.25) is 0 Å². The van der Waals surface area contributed by atoms with Gasteiger partial charge in [-0.25, -0.2) is 0 Å². The molecule has 1 rings (SSSR count). The zero-order chi connectivity index (χ0) is 31.1. The highest BCUT2D eigenvalue weighted by Gasteiger charge is 2.17. The van der Waals surface area contributed by atoms with Crippen LogP contribution < -0.4 is 14.2 Å². The van der Waals surface area contributed by atoms with Crippen molar-refractivity contribution < 1.29 is 19.3 Å². The Morgan fingerprint density at radius 1 is 0.581 bits per heavy atom. The van der Waals surface area contributed by atoms with E-state index in [1.165, 1.54) is 116 Å². The van der Waals surface area contributed by atoms with Crippen LogP contribution in [-0.4, -0.2) is 24.6 Å². The van der Waals surface area contributed by atoms with Gasteiger partial charge in [0, 0.05) is 6.42 Å². The second kappa shape index (κ2) is 30.1. The third-order valence-corrected chi connectivity index (χ3v) is 8.12. The Hall–Kier alpha value is -1.94. The molecule has 4 nitrogen and oxygen atoms in total. The fraction of sp³-hybridized carbons (Fsp3) is 0.744. The van der Waals surface area contributed by atoms with Crippen molar-refractivity contribution in [3.63, 3.8) is 0 Å². The molecule has 0 bridgehead atoms. The summed E-state index contributed by atoms with van der Waals surface area (Å²) in [6.45, 7) is 11.2. The SMILES string of the molecule is C=CCCCCCCCCCOc1cccc(OCCCCCCCCCC=C)c1OC(O)CCCCCCCCCC. The van der Waals surface area contributed by atoms with Gasteiger partial charge < -0.3 is 19.3 Å². The van der Waals surface area contributed by atoms with Crippen molar-refractivity contribution >= 4 is 0 Å². The molecule has 0 fully saturated rings. The van der Waals surface area contributed by atoms with Gasteiger partial charge in [0.1, 0.15) is 0 Å².